The van der Waals surface area contributed by atoms with Gasteiger partial charge < -0.3 is 9.84 Å². The number of rotatable bonds is 2. The Morgan fingerprint density at radius 2 is 2.36 bits per heavy atom. The van der Waals surface area contributed by atoms with Crippen molar-refractivity contribution in [3.63, 3.8) is 0 Å². The lowest BCUT2D eigenvalue weighted by atomic mass is 9.84. The molecule has 11 heavy (non-hydrogen) atoms. The molecule has 0 amide bonds. The Labute approximate surface area is 69.3 Å². The fraction of sp³-hybridized carbons (Fsp3) is 1.00. The fourth-order valence-electron chi connectivity index (χ4n) is 2.01. The van der Waals surface area contributed by atoms with Gasteiger partial charge in [-0.25, -0.2) is 0 Å². The minimum Gasteiger partial charge on any atom is -0.393 e. The molecule has 64 valence electrons. The molecule has 0 aromatic heterocycles. The van der Waals surface area contributed by atoms with E-state index >= 15 is 0 Å². The van der Waals surface area contributed by atoms with Gasteiger partial charge >= 0.3 is 0 Å². The number of aliphatic hydroxyl groups excluding tert-OH is 1. The van der Waals surface area contributed by atoms with Crippen molar-refractivity contribution < 1.29 is 9.84 Å². The molecule has 3 heteroatoms. The first-order valence-corrected chi connectivity index (χ1v) is 4.43. The summed E-state index contributed by atoms with van der Waals surface area (Å²) in [7, 11) is 2.07. The first-order valence-electron chi connectivity index (χ1n) is 4.43. The average Bonchev–Trinajstić information content (AvgIpc) is 2.27. The molecule has 1 N–H and O–H groups in total. The van der Waals surface area contributed by atoms with E-state index in [0.29, 0.717) is 11.9 Å². The van der Waals surface area contributed by atoms with Crippen molar-refractivity contribution in [2.75, 3.05) is 6.61 Å². The third-order valence-corrected chi connectivity index (χ3v) is 2.89. The van der Waals surface area contributed by atoms with Crippen molar-refractivity contribution in [1.82, 2.24) is 0 Å². The highest BCUT2D eigenvalue weighted by molar-refractivity contribution is 6.11. The second kappa shape index (κ2) is 3.15. The van der Waals surface area contributed by atoms with Crippen LogP contribution in [-0.2, 0) is 4.74 Å². The Morgan fingerprint density at radius 1 is 1.73 bits per heavy atom. The van der Waals surface area contributed by atoms with Crippen LogP contribution < -0.4 is 0 Å². The summed E-state index contributed by atoms with van der Waals surface area (Å²) in [5.74, 6) is 0.493. The third kappa shape index (κ3) is 1.45. The molecule has 0 bridgehead atoms. The van der Waals surface area contributed by atoms with Crippen molar-refractivity contribution in [2.45, 2.75) is 38.3 Å². The van der Waals surface area contributed by atoms with Gasteiger partial charge in [0.15, 0.2) is 0 Å². The van der Waals surface area contributed by atoms with Crippen LogP contribution in [0.2, 0.25) is 0 Å². The largest absolute Gasteiger partial charge is 0.393 e. The summed E-state index contributed by atoms with van der Waals surface area (Å²) in [6.07, 6.45) is 1.99. The zero-order chi connectivity index (χ0) is 8.48. The molecule has 3 atom stereocenters. The molecular weight excluding hydrogens is 139 g/mol. The van der Waals surface area contributed by atoms with Crippen LogP contribution in [0, 0.1) is 5.92 Å². The third-order valence-electron chi connectivity index (χ3n) is 2.89. The topological polar surface area (TPSA) is 29.5 Å². The number of ether oxygens (including phenoxy) is 1. The fourth-order valence-corrected chi connectivity index (χ4v) is 2.01. The Bertz CT molecular complexity index is 134. The summed E-state index contributed by atoms with van der Waals surface area (Å²) in [6, 6.07) is 0.317. The minimum atomic E-state index is -0.237. The monoisotopic (exact) mass is 156 g/mol. The van der Waals surface area contributed by atoms with E-state index in [9.17, 15) is 5.11 Å². The van der Waals surface area contributed by atoms with Crippen LogP contribution >= 0.6 is 0 Å². The van der Waals surface area contributed by atoms with Gasteiger partial charge in [-0.2, -0.15) is 0 Å². The van der Waals surface area contributed by atoms with Gasteiger partial charge in [-0.3, -0.25) is 0 Å². The Hall–Kier alpha value is -0.0151. The van der Waals surface area contributed by atoms with E-state index in [0.717, 1.165) is 12.8 Å². The average molecular weight is 156 g/mol. The quantitative estimate of drug-likeness (QED) is 0.576. The van der Waals surface area contributed by atoms with Crippen LogP contribution in [0.5, 0.6) is 0 Å². The zero-order valence-electron chi connectivity index (χ0n) is 7.63. The molecule has 0 aromatic rings. The van der Waals surface area contributed by atoms with Gasteiger partial charge in [-0.1, -0.05) is 13.8 Å². The molecule has 0 aliphatic carbocycles. The summed E-state index contributed by atoms with van der Waals surface area (Å²) in [5.41, 5.74) is -0.237. The Balaban J connectivity index is 2.67. The van der Waals surface area contributed by atoms with Crippen molar-refractivity contribution in [3.8, 4) is 0 Å². The predicted octanol–water partition coefficient (Wildman–Crippen LogP) is 0.143. The molecule has 1 fully saturated rings. The predicted molar refractivity (Wildman–Crippen MR) is 47.3 cm³/mol. The number of aliphatic hydroxyl groups is 1. The van der Waals surface area contributed by atoms with Gasteiger partial charge in [0.25, 0.3) is 0 Å². The molecule has 0 saturated carbocycles. The van der Waals surface area contributed by atoms with E-state index in [-0.39, 0.29) is 12.2 Å². The summed E-state index contributed by atoms with van der Waals surface area (Å²) in [6.45, 7) is 4.39. The van der Waals surface area contributed by atoms with Crippen molar-refractivity contribution >= 4 is 7.85 Å². The molecule has 0 aromatic carbocycles. The summed E-state index contributed by atoms with van der Waals surface area (Å²) in [5, 5.41) is 9.18. The first kappa shape index (κ1) is 9.08. The normalized spacial score (nSPS) is 44.6. The number of hydrogen-bond donors (Lipinski definition) is 1. The van der Waals surface area contributed by atoms with Crippen LogP contribution in [0.3, 0.4) is 0 Å². The lowest BCUT2D eigenvalue weighted by Crippen LogP contribution is -2.38. The smallest absolute Gasteiger partial charge is 0.139 e. The lowest BCUT2D eigenvalue weighted by molar-refractivity contribution is -0.0709. The van der Waals surface area contributed by atoms with Crippen LogP contribution in [0.25, 0.3) is 0 Å². The van der Waals surface area contributed by atoms with Gasteiger partial charge in [0.2, 0.25) is 0 Å². The standard InChI is InChI=1S/C8H17BO2/c1-3-8(5-10)6(2)4-7(9)11-8/h6-7,10H,3-5,9H2,1-2H3/t6?,7-,8-/m1/s1. The van der Waals surface area contributed by atoms with E-state index < -0.39 is 0 Å². The van der Waals surface area contributed by atoms with Crippen molar-refractivity contribution in [1.29, 1.82) is 0 Å². The van der Waals surface area contributed by atoms with Gasteiger partial charge in [0.1, 0.15) is 7.85 Å². The van der Waals surface area contributed by atoms with Crippen LogP contribution in [0.1, 0.15) is 26.7 Å². The van der Waals surface area contributed by atoms with E-state index in [1.807, 2.05) is 0 Å². The van der Waals surface area contributed by atoms with Gasteiger partial charge in [-0.15, -0.1) is 0 Å². The molecule has 2 nitrogen and oxygen atoms in total. The SMILES string of the molecule is B[C@H]1CC(C)[C@@](CC)(CO)O1. The van der Waals surface area contributed by atoms with Gasteiger partial charge in [0.05, 0.1) is 12.2 Å². The molecule has 1 rings (SSSR count). The molecule has 1 aliphatic heterocycles. The maximum atomic E-state index is 9.18. The highest BCUT2D eigenvalue weighted by atomic mass is 16.5. The van der Waals surface area contributed by atoms with Crippen molar-refractivity contribution in [2.24, 2.45) is 5.92 Å². The highest BCUT2D eigenvalue weighted by Gasteiger charge is 2.42. The van der Waals surface area contributed by atoms with E-state index in [1.54, 1.807) is 0 Å². The van der Waals surface area contributed by atoms with Crippen molar-refractivity contribution in [3.05, 3.63) is 0 Å². The molecular formula is C8H17BO2. The second-order valence-corrected chi connectivity index (χ2v) is 3.64. The summed E-state index contributed by atoms with van der Waals surface area (Å²) < 4.78 is 5.71. The zero-order valence-corrected chi connectivity index (χ0v) is 7.63. The molecule has 1 aliphatic rings. The van der Waals surface area contributed by atoms with E-state index in [2.05, 4.69) is 21.7 Å². The Morgan fingerprint density at radius 3 is 2.55 bits per heavy atom. The molecule has 1 unspecified atom stereocenters. The van der Waals surface area contributed by atoms with Gasteiger partial charge in [-0.05, 0) is 18.8 Å². The molecule has 1 heterocycles. The lowest BCUT2D eigenvalue weighted by Gasteiger charge is -2.29. The molecule has 1 saturated heterocycles. The highest BCUT2D eigenvalue weighted by Crippen LogP contribution is 2.36. The van der Waals surface area contributed by atoms with E-state index in [1.165, 1.54) is 0 Å². The Kier molecular flexibility index (Phi) is 2.60. The summed E-state index contributed by atoms with van der Waals surface area (Å²) >= 11 is 0. The second-order valence-electron chi connectivity index (χ2n) is 3.64. The number of hydrogen-bond acceptors (Lipinski definition) is 2. The summed E-state index contributed by atoms with van der Waals surface area (Å²) in [4.78, 5) is 0. The van der Waals surface area contributed by atoms with Gasteiger partial charge in [0, 0.05) is 6.00 Å². The van der Waals surface area contributed by atoms with Crippen LogP contribution in [-0.4, -0.2) is 31.2 Å². The molecule has 0 spiro atoms. The maximum absolute atomic E-state index is 9.18. The van der Waals surface area contributed by atoms with Crippen LogP contribution in [0.15, 0.2) is 0 Å². The van der Waals surface area contributed by atoms with E-state index in [4.69, 9.17) is 4.74 Å². The maximum Gasteiger partial charge on any atom is 0.139 e. The van der Waals surface area contributed by atoms with Crippen LogP contribution in [0.4, 0.5) is 0 Å². The first-order chi connectivity index (χ1) is 5.14. The minimum absolute atomic E-state index is 0.162. The molecule has 0 radical (unpaired) electrons.